The molecular weight excluding hydrogens is 246 g/mol. The molecule has 0 radical (unpaired) electrons. The molecule has 0 heterocycles. The molecule has 0 aliphatic rings. The minimum Gasteiger partial charge on any atom is -0.493 e. The molecule has 0 bridgehead atoms. The summed E-state index contributed by atoms with van der Waals surface area (Å²) >= 11 is 4.66. The van der Waals surface area contributed by atoms with Crippen molar-refractivity contribution in [1.82, 2.24) is 5.43 Å². The maximum atomic E-state index is 5.71. The normalized spacial score (nSPS) is 10.6. The van der Waals surface area contributed by atoms with Crippen LogP contribution in [0.5, 0.6) is 5.75 Å². The zero-order valence-electron chi connectivity index (χ0n) is 10.8. The van der Waals surface area contributed by atoms with E-state index in [-0.39, 0.29) is 5.11 Å². The standard InChI is InChI=1S/C13H19N3OS/c1-3-4-7-17-12-8-11(6-5-10(12)2)9-15-16-13(14)18/h5-6,8-9H,3-4,7H2,1-2H3,(H3,14,16,18). The lowest BCUT2D eigenvalue weighted by Crippen LogP contribution is -2.23. The smallest absolute Gasteiger partial charge is 0.184 e. The van der Waals surface area contributed by atoms with Crippen LogP contribution < -0.4 is 15.9 Å². The number of rotatable bonds is 6. The lowest BCUT2D eigenvalue weighted by molar-refractivity contribution is 0.307. The Morgan fingerprint density at radius 1 is 1.56 bits per heavy atom. The van der Waals surface area contributed by atoms with Gasteiger partial charge in [-0.1, -0.05) is 25.5 Å². The molecule has 98 valence electrons. The zero-order chi connectivity index (χ0) is 13.4. The van der Waals surface area contributed by atoms with E-state index in [9.17, 15) is 0 Å². The SMILES string of the molecule is CCCCOc1cc(C=NNC(N)=S)ccc1C. The minimum atomic E-state index is 0.151. The van der Waals surface area contributed by atoms with Gasteiger partial charge in [-0.2, -0.15) is 5.10 Å². The highest BCUT2D eigenvalue weighted by atomic mass is 32.1. The second-order valence-electron chi connectivity index (χ2n) is 3.96. The predicted octanol–water partition coefficient (Wildman–Crippen LogP) is 2.34. The first-order valence-corrected chi connectivity index (χ1v) is 6.36. The number of nitrogens with zero attached hydrogens (tertiary/aromatic N) is 1. The fourth-order valence-electron chi connectivity index (χ4n) is 1.35. The lowest BCUT2D eigenvalue weighted by Gasteiger charge is -2.09. The number of unbranched alkanes of at least 4 members (excludes halogenated alkanes) is 1. The van der Waals surface area contributed by atoms with E-state index in [0.29, 0.717) is 0 Å². The third-order valence-corrected chi connectivity index (χ3v) is 2.45. The molecule has 0 unspecified atom stereocenters. The van der Waals surface area contributed by atoms with Crippen LogP contribution in [0.1, 0.15) is 30.9 Å². The highest BCUT2D eigenvalue weighted by molar-refractivity contribution is 7.80. The summed E-state index contributed by atoms with van der Waals surface area (Å²) in [5.74, 6) is 0.891. The van der Waals surface area contributed by atoms with Crippen molar-refractivity contribution in [3.63, 3.8) is 0 Å². The number of benzene rings is 1. The first kappa shape index (κ1) is 14.4. The maximum absolute atomic E-state index is 5.71. The molecule has 0 spiro atoms. The fraction of sp³-hybridized carbons (Fsp3) is 0.385. The number of nitrogens with one attached hydrogen (secondary N) is 1. The van der Waals surface area contributed by atoms with Crippen molar-refractivity contribution in [1.29, 1.82) is 0 Å². The third-order valence-electron chi connectivity index (χ3n) is 2.36. The lowest BCUT2D eigenvalue weighted by atomic mass is 10.1. The summed E-state index contributed by atoms with van der Waals surface area (Å²) in [7, 11) is 0. The zero-order valence-corrected chi connectivity index (χ0v) is 11.6. The fourth-order valence-corrected chi connectivity index (χ4v) is 1.40. The first-order valence-electron chi connectivity index (χ1n) is 5.95. The molecule has 3 N–H and O–H groups in total. The van der Waals surface area contributed by atoms with Crippen LogP contribution >= 0.6 is 12.2 Å². The van der Waals surface area contributed by atoms with Gasteiger partial charge in [-0.15, -0.1) is 0 Å². The van der Waals surface area contributed by atoms with E-state index in [0.717, 1.165) is 36.3 Å². The van der Waals surface area contributed by atoms with Crippen LogP contribution in [-0.2, 0) is 0 Å². The van der Waals surface area contributed by atoms with Gasteiger partial charge in [0.05, 0.1) is 12.8 Å². The van der Waals surface area contributed by atoms with E-state index in [2.05, 4.69) is 29.7 Å². The van der Waals surface area contributed by atoms with E-state index in [4.69, 9.17) is 10.5 Å². The Labute approximate surface area is 113 Å². The summed E-state index contributed by atoms with van der Waals surface area (Å²) in [5, 5.41) is 4.06. The van der Waals surface area contributed by atoms with E-state index in [1.165, 1.54) is 0 Å². The van der Waals surface area contributed by atoms with Gasteiger partial charge >= 0.3 is 0 Å². The van der Waals surface area contributed by atoms with Gasteiger partial charge in [-0.25, -0.2) is 0 Å². The molecule has 0 saturated heterocycles. The minimum absolute atomic E-state index is 0.151. The number of hydrogen-bond donors (Lipinski definition) is 2. The quantitative estimate of drug-likeness (QED) is 0.359. The summed E-state index contributed by atoms with van der Waals surface area (Å²) in [6.45, 7) is 4.90. The van der Waals surface area contributed by atoms with E-state index in [1.807, 2.05) is 25.1 Å². The number of aryl methyl sites for hydroxylation is 1. The number of ether oxygens (including phenoxy) is 1. The van der Waals surface area contributed by atoms with Crippen molar-refractivity contribution < 1.29 is 4.74 Å². The van der Waals surface area contributed by atoms with Crippen molar-refractivity contribution in [3.8, 4) is 5.75 Å². The average Bonchev–Trinajstić information content (AvgIpc) is 2.33. The molecule has 0 amide bonds. The molecule has 0 aliphatic heterocycles. The molecule has 0 saturated carbocycles. The highest BCUT2D eigenvalue weighted by Crippen LogP contribution is 2.19. The monoisotopic (exact) mass is 265 g/mol. The molecule has 4 nitrogen and oxygen atoms in total. The Morgan fingerprint density at radius 3 is 3.00 bits per heavy atom. The van der Waals surface area contributed by atoms with E-state index in [1.54, 1.807) is 6.21 Å². The molecule has 1 rings (SSSR count). The highest BCUT2D eigenvalue weighted by Gasteiger charge is 2.00. The molecular formula is C13H19N3OS. The van der Waals surface area contributed by atoms with Crippen molar-refractivity contribution in [2.75, 3.05) is 6.61 Å². The van der Waals surface area contributed by atoms with Gasteiger partial charge in [0.1, 0.15) is 5.75 Å². The number of thiocarbonyl (C=S) groups is 1. The Bertz CT molecular complexity index is 432. The van der Waals surface area contributed by atoms with Crippen LogP contribution in [0.3, 0.4) is 0 Å². The van der Waals surface area contributed by atoms with Gasteiger partial charge in [0.2, 0.25) is 0 Å². The predicted molar refractivity (Wildman–Crippen MR) is 79.1 cm³/mol. The molecule has 0 aromatic heterocycles. The van der Waals surface area contributed by atoms with Crippen LogP contribution in [0.4, 0.5) is 0 Å². The number of hydrogen-bond acceptors (Lipinski definition) is 3. The second kappa shape index (κ2) is 7.66. The van der Waals surface area contributed by atoms with Crippen LogP contribution in [0.2, 0.25) is 0 Å². The van der Waals surface area contributed by atoms with Crippen molar-refractivity contribution in [2.45, 2.75) is 26.7 Å². The summed E-state index contributed by atoms with van der Waals surface area (Å²) in [4.78, 5) is 0. The van der Waals surface area contributed by atoms with Crippen molar-refractivity contribution >= 4 is 23.5 Å². The van der Waals surface area contributed by atoms with Gasteiger partial charge in [-0.05, 0) is 42.8 Å². The number of hydrazone groups is 1. The third kappa shape index (κ3) is 5.14. The van der Waals surface area contributed by atoms with Gasteiger partial charge in [0, 0.05) is 0 Å². The molecule has 0 aliphatic carbocycles. The molecule has 5 heteroatoms. The van der Waals surface area contributed by atoms with E-state index < -0.39 is 0 Å². The van der Waals surface area contributed by atoms with E-state index >= 15 is 0 Å². The Balaban J connectivity index is 2.67. The summed E-state index contributed by atoms with van der Waals surface area (Å²) < 4.78 is 5.71. The van der Waals surface area contributed by atoms with Gasteiger partial charge in [0.15, 0.2) is 5.11 Å². The topological polar surface area (TPSA) is 59.6 Å². The van der Waals surface area contributed by atoms with Crippen LogP contribution in [0.15, 0.2) is 23.3 Å². The van der Waals surface area contributed by atoms with Crippen molar-refractivity contribution in [3.05, 3.63) is 29.3 Å². The number of nitrogens with two attached hydrogens (primary N) is 1. The summed E-state index contributed by atoms with van der Waals surface area (Å²) in [6, 6.07) is 5.92. The van der Waals surface area contributed by atoms with Crippen LogP contribution in [0, 0.1) is 6.92 Å². The maximum Gasteiger partial charge on any atom is 0.184 e. The van der Waals surface area contributed by atoms with Crippen molar-refractivity contribution in [2.24, 2.45) is 10.8 Å². The van der Waals surface area contributed by atoms with Crippen LogP contribution in [-0.4, -0.2) is 17.9 Å². The van der Waals surface area contributed by atoms with Crippen LogP contribution in [0.25, 0.3) is 0 Å². The Morgan fingerprint density at radius 2 is 2.33 bits per heavy atom. The molecule has 0 fully saturated rings. The Kier molecular flexibility index (Phi) is 6.14. The summed E-state index contributed by atoms with van der Waals surface area (Å²) in [6.07, 6.45) is 3.84. The second-order valence-corrected chi connectivity index (χ2v) is 4.40. The average molecular weight is 265 g/mol. The largest absolute Gasteiger partial charge is 0.493 e. The summed E-state index contributed by atoms with van der Waals surface area (Å²) in [5.41, 5.74) is 9.85. The molecule has 1 aromatic carbocycles. The molecule has 0 atom stereocenters. The Hall–Kier alpha value is -1.62. The van der Waals surface area contributed by atoms with Gasteiger partial charge < -0.3 is 10.5 Å². The first-order chi connectivity index (χ1) is 8.63. The molecule has 18 heavy (non-hydrogen) atoms. The van der Waals surface area contributed by atoms with Gasteiger partial charge in [0.25, 0.3) is 0 Å². The van der Waals surface area contributed by atoms with Gasteiger partial charge in [-0.3, -0.25) is 5.43 Å². The molecule has 1 aromatic rings.